The summed E-state index contributed by atoms with van der Waals surface area (Å²) in [5.41, 5.74) is 7.60. The van der Waals surface area contributed by atoms with Gasteiger partial charge in [-0.1, -0.05) is 0 Å². The van der Waals surface area contributed by atoms with Crippen LogP contribution in [0.5, 0.6) is 0 Å². The number of rotatable bonds is 2. The normalized spacial score (nSPS) is 18.2. The molecule has 1 unspecified atom stereocenters. The Labute approximate surface area is 122 Å². The van der Waals surface area contributed by atoms with Crippen LogP contribution in [0.2, 0.25) is 0 Å². The van der Waals surface area contributed by atoms with E-state index in [4.69, 9.17) is 5.73 Å². The highest BCUT2D eigenvalue weighted by Gasteiger charge is 2.24. The molecule has 0 spiro atoms. The maximum Gasteiger partial charge on any atom is 0.223 e. The summed E-state index contributed by atoms with van der Waals surface area (Å²) in [6.45, 7) is 5.00. The summed E-state index contributed by atoms with van der Waals surface area (Å²) < 4.78 is 0. The van der Waals surface area contributed by atoms with Crippen molar-refractivity contribution in [2.75, 3.05) is 24.1 Å². The van der Waals surface area contributed by atoms with Crippen LogP contribution in [0, 0.1) is 6.92 Å². The molecule has 3 heterocycles. The number of likely N-dealkylation sites (tertiary alicyclic amines) is 1. The van der Waals surface area contributed by atoms with Gasteiger partial charge in [0.25, 0.3) is 0 Å². The number of pyridine rings is 1. The molecule has 0 saturated carbocycles. The van der Waals surface area contributed by atoms with E-state index in [1.807, 2.05) is 11.8 Å². The molecule has 0 aliphatic carbocycles. The molecule has 3 N–H and O–H groups in total. The summed E-state index contributed by atoms with van der Waals surface area (Å²) in [6.07, 6.45) is 4.30. The van der Waals surface area contributed by atoms with Crippen molar-refractivity contribution in [3.63, 3.8) is 0 Å². The van der Waals surface area contributed by atoms with Gasteiger partial charge < -0.3 is 16.0 Å². The lowest BCUT2D eigenvalue weighted by molar-refractivity contribution is -0.127. The summed E-state index contributed by atoms with van der Waals surface area (Å²) in [7, 11) is 0. The Balaban J connectivity index is 1.82. The number of hydrogen-bond donors (Lipinski definition) is 2. The third-order valence-corrected chi connectivity index (χ3v) is 3.80. The summed E-state index contributed by atoms with van der Waals surface area (Å²) in [5, 5.41) is 4.05. The molecule has 1 amide bonds. The first-order valence-electron chi connectivity index (χ1n) is 6.94. The zero-order valence-electron chi connectivity index (χ0n) is 12.1. The first-order chi connectivity index (χ1) is 10.0. The minimum atomic E-state index is 0.105. The van der Waals surface area contributed by atoms with E-state index in [-0.39, 0.29) is 11.9 Å². The number of nitrogen functional groups attached to an aromatic ring is 1. The number of hydrogen-bond acceptors (Lipinski definition) is 6. The van der Waals surface area contributed by atoms with Crippen molar-refractivity contribution in [2.45, 2.75) is 26.3 Å². The zero-order valence-corrected chi connectivity index (χ0v) is 12.1. The number of carbonyl (C=O) groups excluding carboxylic acids is 1. The number of aryl methyl sites for hydroxylation is 1. The minimum absolute atomic E-state index is 0.105. The van der Waals surface area contributed by atoms with Crippen molar-refractivity contribution in [2.24, 2.45) is 0 Å². The van der Waals surface area contributed by atoms with Crippen molar-refractivity contribution in [1.29, 1.82) is 0 Å². The Kier molecular flexibility index (Phi) is 3.32. The van der Waals surface area contributed by atoms with Crippen molar-refractivity contribution in [1.82, 2.24) is 19.9 Å². The number of carbonyl (C=O) groups is 1. The number of amides is 1. The SMILES string of the molecule is CC(=O)N1CCC(Nc2ncc3c(N)ncc(C)c3n2)C1. The van der Waals surface area contributed by atoms with Gasteiger partial charge in [0.15, 0.2) is 0 Å². The van der Waals surface area contributed by atoms with Gasteiger partial charge in [-0.25, -0.2) is 15.0 Å². The van der Waals surface area contributed by atoms with Crippen LogP contribution in [0.1, 0.15) is 18.9 Å². The summed E-state index contributed by atoms with van der Waals surface area (Å²) in [5.74, 6) is 1.10. The quantitative estimate of drug-likeness (QED) is 0.853. The van der Waals surface area contributed by atoms with Crippen LogP contribution in [-0.4, -0.2) is 44.9 Å². The smallest absolute Gasteiger partial charge is 0.223 e. The van der Waals surface area contributed by atoms with E-state index in [1.54, 1.807) is 19.3 Å². The standard InChI is InChI=1S/C14H18N6O/c1-8-5-16-13(15)11-6-17-14(19-12(8)11)18-10-3-4-20(7-10)9(2)21/h5-6,10H,3-4,7H2,1-2H3,(H2,15,16)(H,17,18,19). The number of anilines is 2. The summed E-state index contributed by atoms with van der Waals surface area (Å²) in [4.78, 5) is 26.1. The van der Waals surface area contributed by atoms with Gasteiger partial charge >= 0.3 is 0 Å². The number of aromatic nitrogens is 3. The average molecular weight is 286 g/mol. The molecule has 1 fully saturated rings. The van der Waals surface area contributed by atoms with Crippen molar-refractivity contribution in [3.8, 4) is 0 Å². The molecule has 0 aromatic carbocycles. The lowest BCUT2D eigenvalue weighted by atomic mass is 10.2. The van der Waals surface area contributed by atoms with E-state index in [2.05, 4.69) is 20.3 Å². The van der Waals surface area contributed by atoms with Crippen LogP contribution in [0.15, 0.2) is 12.4 Å². The van der Waals surface area contributed by atoms with Gasteiger partial charge in [-0.05, 0) is 18.9 Å². The van der Waals surface area contributed by atoms with Crippen molar-refractivity contribution < 1.29 is 4.79 Å². The van der Waals surface area contributed by atoms with Gasteiger partial charge in [-0.3, -0.25) is 4.79 Å². The molecule has 1 atom stereocenters. The van der Waals surface area contributed by atoms with Crippen LogP contribution in [0.3, 0.4) is 0 Å². The minimum Gasteiger partial charge on any atom is -0.383 e. The molecule has 1 saturated heterocycles. The number of nitrogens with one attached hydrogen (secondary N) is 1. The molecule has 0 radical (unpaired) electrons. The van der Waals surface area contributed by atoms with Gasteiger partial charge in [-0.15, -0.1) is 0 Å². The summed E-state index contributed by atoms with van der Waals surface area (Å²) >= 11 is 0. The van der Waals surface area contributed by atoms with E-state index in [1.165, 1.54) is 0 Å². The van der Waals surface area contributed by atoms with E-state index in [0.717, 1.165) is 29.4 Å². The Morgan fingerprint density at radius 1 is 1.43 bits per heavy atom. The maximum absolute atomic E-state index is 11.3. The number of fused-ring (bicyclic) bond motifs is 1. The van der Waals surface area contributed by atoms with Crippen LogP contribution < -0.4 is 11.1 Å². The maximum atomic E-state index is 11.3. The Morgan fingerprint density at radius 3 is 2.95 bits per heavy atom. The second-order valence-electron chi connectivity index (χ2n) is 5.38. The fraction of sp³-hybridized carbons (Fsp3) is 0.429. The van der Waals surface area contributed by atoms with Crippen molar-refractivity contribution in [3.05, 3.63) is 18.0 Å². The highest BCUT2D eigenvalue weighted by Crippen LogP contribution is 2.21. The first kappa shape index (κ1) is 13.5. The van der Waals surface area contributed by atoms with Crippen molar-refractivity contribution >= 4 is 28.6 Å². The van der Waals surface area contributed by atoms with Gasteiger partial charge in [0, 0.05) is 38.4 Å². The number of nitrogens with zero attached hydrogens (tertiary/aromatic N) is 4. The highest BCUT2D eigenvalue weighted by atomic mass is 16.2. The molecule has 110 valence electrons. The van der Waals surface area contributed by atoms with E-state index in [9.17, 15) is 4.79 Å². The molecule has 1 aliphatic heterocycles. The summed E-state index contributed by atoms with van der Waals surface area (Å²) in [6, 6.07) is 0.186. The molecule has 21 heavy (non-hydrogen) atoms. The predicted octanol–water partition coefficient (Wildman–Crippen LogP) is 0.948. The Morgan fingerprint density at radius 2 is 2.24 bits per heavy atom. The van der Waals surface area contributed by atoms with Crippen LogP contribution in [0.25, 0.3) is 10.9 Å². The molecule has 1 aliphatic rings. The average Bonchev–Trinajstić information content (AvgIpc) is 2.92. The van der Waals surface area contributed by atoms with Crippen LogP contribution in [0.4, 0.5) is 11.8 Å². The second kappa shape index (κ2) is 5.16. The molecule has 7 nitrogen and oxygen atoms in total. The van der Waals surface area contributed by atoms with Crippen LogP contribution in [-0.2, 0) is 4.79 Å². The Bertz CT molecular complexity index is 701. The topological polar surface area (TPSA) is 97.0 Å². The van der Waals surface area contributed by atoms with Gasteiger partial charge in [0.05, 0.1) is 10.9 Å². The fourth-order valence-electron chi connectivity index (χ4n) is 2.58. The molecule has 0 bridgehead atoms. The molecule has 7 heteroatoms. The van der Waals surface area contributed by atoms with E-state index in [0.29, 0.717) is 18.3 Å². The third-order valence-electron chi connectivity index (χ3n) is 3.80. The fourth-order valence-corrected chi connectivity index (χ4v) is 2.58. The van der Waals surface area contributed by atoms with E-state index >= 15 is 0 Å². The lowest BCUT2D eigenvalue weighted by Gasteiger charge is -2.15. The van der Waals surface area contributed by atoms with E-state index < -0.39 is 0 Å². The lowest BCUT2D eigenvalue weighted by Crippen LogP contribution is -2.30. The van der Waals surface area contributed by atoms with Gasteiger partial charge in [0.2, 0.25) is 11.9 Å². The third kappa shape index (κ3) is 2.58. The molecule has 3 rings (SSSR count). The largest absolute Gasteiger partial charge is 0.383 e. The van der Waals surface area contributed by atoms with Crippen LogP contribution >= 0.6 is 0 Å². The first-order valence-corrected chi connectivity index (χ1v) is 6.94. The zero-order chi connectivity index (χ0) is 15.0. The molecular formula is C14H18N6O. The monoisotopic (exact) mass is 286 g/mol. The highest BCUT2D eigenvalue weighted by molar-refractivity contribution is 5.89. The molecular weight excluding hydrogens is 268 g/mol. The van der Waals surface area contributed by atoms with Gasteiger partial charge in [0.1, 0.15) is 5.82 Å². The number of nitrogens with two attached hydrogens (primary N) is 1. The second-order valence-corrected chi connectivity index (χ2v) is 5.38. The van der Waals surface area contributed by atoms with Gasteiger partial charge in [-0.2, -0.15) is 0 Å². The predicted molar refractivity (Wildman–Crippen MR) is 80.8 cm³/mol. The Hall–Kier alpha value is -2.44. The molecule has 2 aromatic heterocycles. The molecule has 2 aromatic rings.